The topological polar surface area (TPSA) is 134 Å². The van der Waals surface area contributed by atoms with Gasteiger partial charge in [0.1, 0.15) is 6.61 Å². The third-order valence-corrected chi connectivity index (χ3v) is 15.4. The van der Waals surface area contributed by atoms with E-state index in [1.807, 2.05) is 0 Å². The number of unbranched alkanes of at least 4 members (excludes halogenated alkanes) is 25. The van der Waals surface area contributed by atoms with Crippen molar-refractivity contribution in [3.63, 3.8) is 0 Å². The first-order chi connectivity index (χ1) is 42.8. The van der Waals surface area contributed by atoms with E-state index in [1.165, 1.54) is 122 Å². The van der Waals surface area contributed by atoms with E-state index in [2.05, 4.69) is 172 Å². The Morgan fingerprint density at radius 1 is 0.345 bits per heavy atom. The van der Waals surface area contributed by atoms with Gasteiger partial charge in [-0.15, -0.1) is 0 Å². The van der Waals surface area contributed by atoms with Crippen molar-refractivity contribution >= 4 is 19.8 Å². The fraction of sp³-hybridized carbons (Fsp3) is 0.636. The molecule has 0 aromatic carbocycles. The molecule has 0 saturated heterocycles. The van der Waals surface area contributed by atoms with Gasteiger partial charge in [0.25, 0.3) is 0 Å². The van der Waals surface area contributed by atoms with Crippen LogP contribution in [0.15, 0.2) is 158 Å². The van der Waals surface area contributed by atoms with Gasteiger partial charge in [0.15, 0.2) is 6.10 Å². The molecule has 2 unspecified atom stereocenters. The van der Waals surface area contributed by atoms with Crippen LogP contribution in [0.2, 0.25) is 0 Å². The van der Waals surface area contributed by atoms with Gasteiger partial charge in [0, 0.05) is 19.4 Å². The Morgan fingerprint density at radius 3 is 0.885 bits per heavy atom. The molecule has 494 valence electrons. The highest BCUT2D eigenvalue weighted by Gasteiger charge is 2.26. The molecular weight excluding hydrogens is 1100 g/mol. The zero-order valence-electron chi connectivity index (χ0n) is 55.4. The van der Waals surface area contributed by atoms with Gasteiger partial charge in [0.05, 0.1) is 13.2 Å². The predicted molar refractivity (Wildman–Crippen MR) is 376 cm³/mol. The Balaban J connectivity index is 3.94. The van der Waals surface area contributed by atoms with Gasteiger partial charge in [-0.2, -0.15) is 0 Å². The average Bonchev–Trinajstić information content (AvgIpc) is 3.64. The van der Waals surface area contributed by atoms with Crippen molar-refractivity contribution in [2.24, 2.45) is 5.73 Å². The van der Waals surface area contributed by atoms with Crippen LogP contribution in [0.3, 0.4) is 0 Å². The van der Waals surface area contributed by atoms with Crippen molar-refractivity contribution in [3.8, 4) is 0 Å². The van der Waals surface area contributed by atoms with Crippen LogP contribution in [0.5, 0.6) is 0 Å². The minimum absolute atomic E-state index is 0.0461. The van der Waals surface area contributed by atoms with Crippen LogP contribution in [-0.2, 0) is 32.7 Å². The number of hydrogen-bond donors (Lipinski definition) is 2. The normalized spacial score (nSPS) is 13.9. The molecule has 0 rings (SSSR count). The monoisotopic (exact) mass is 1230 g/mol. The Morgan fingerprint density at radius 2 is 0.598 bits per heavy atom. The van der Waals surface area contributed by atoms with Gasteiger partial charge in [-0.3, -0.25) is 18.6 Å². The third kappa shape index (κ3) is 70.6. The Labute approximate surface area is 534 Å². The van der Waals surface area contributed by atoms with Crippen LogP contribution in [-0.4, -0.2) is 49.3 Å². The fourth-order valence-electron chi connectivity index (χ4n) is 9.33. The van der Waals surface area contributed by atoms with E-state index in [-0.39, 0.29) is 38.6 Å². The second-order valence-corrected chi connectivity index (χ2v) is 24.1. The molecule has 0 spiro atoms. The van der Waals surface area contributed by atoms with Crippen molar-refractivity contribution in [1.82, 2.24) is 0 Å². The van der Waals surface area contributed by atoms with Crippen molar-refractivity contribution in [2.45, 2.75) is 290 Å². The van der Waals surface area contributed by atoms with Crippen molar-refractivity contribution in [1.29, 1.82) is 0 Å². The van der Waals surface area contributed by atoms with Crippen molar-refractivity contribution in [3.05, 3.63) is 158 Å². The quantitative estimate of drug-likeness (QED) is 0.0264. The first-order valence-corrected chi connectivity index (χ1v) is 36.5. The molecule has 0 amide bonds. The van der Waals surface area contributed by atoms with Gasteiger partial charge in [0.2, 0.25) is 0 Å². The van der Waals surface area contributed by atoms with Crippen LogP contribution in [0.25, 0.3) is 0 Å². The first-order valence-electron chi connectivity index (χ1n) is 35.0. The molecule has 3 N–H and O–H groups in total. The molecule has 0 saturated carbocycles. The van der Waals surface area contributed by atoms with E-state index in [1.54, 1.807) is 0 Å². The van der Waals surface area contributed by atoms with Crippen LogP contribution in [0, 0.1) is 0 Å². The fourth-order valence-corrected chi connectivity index (χ4v) is 10.1. The maximum atomic E-state index is 12.8. The first kappa shape index (κ1) is 82.6. The molecule has 87 heavy (non-hydrogen) atoms. The maximum Gasteiger partial charge on any atom is 0.472 e. The molecule has 2 atom stereocenters. The van der Waals surface area contributed by atoms with Crippen LogP contribution in [0.4, 0.5) is 0 Å². The number of nitrogens with two attached hydrogens (primary N) is 1. The number of rotatable bonds is 64. The van der Waals surface area contributed by atoms with Crippen LogP contribution < -0.4 is 5.73 Å². The summed E-state index contributed by atoms with van der Waals surface area (Å²) in [6, 6.07) is 0. The Kier molecular flexibility index (Phi) is 67.2. The SMILES string of the molecule is CC/C=C\C/C=C\C/C=C\C/C=C\C/C=C\C/C=C\C/C=C\C/C=C\CCCCCCCCCCCCC(=O)OC(COC(=O)CCCCCCCCCCCCCCCCC/C=C\C/C=C\C/C=C\C/C=C\C/C=C\CC)COP(=O)(O)OCCN. The summed E-state index contributed by atoms with van der Waals surface area (Å²) in [6.45, 7) is 3.52. The summed E-state index contributed by atoms with van der Waals surface area (Å²) in [6.07, 6.45) is 103. The lowest BCUT2D eigenvalue weighted by Gasteiger charge is -2.19. The van der Waals surface area contributed by atoms with Gasteiger partial charge < -0.3 is 20.1 Å². The van der Waals surface area contributed by atoms with Crippen molar-refractivity contribution < 1.29 is 37.6 Å². The summed E-state index contributed by atoms with van der Waals surface area (Å²) >= 11 is 0. The number of carbonyl (C=O) groups is 2. The lowest BCUT2D eigenvalue weighted by molar-refractivity contribution is -0.161. The lowest BCUT2D eigenvalue weighted by atomic mass is 10.0. The number of esters is 2. The second-order valence-electron chi connectivity index (χ2n) is 22.6. The molecule has 0 bridgehead atoms. The molecule has 0 aliphatic carbocycles. The van der Waals surface area contributed by atoms with E-state index in [0.717, 1.165) is 128 Å². The molecule has 0 heterocycles. The number of phosphoric ester groups is 1. The summed E-state index contributed by atoms with van der Waals surface area (Å²) < 4.78 is 33.2. The highest BCUT2D eigenvalue weighted by Crippen LogP contribution is 2.43. The standard InChI is InChI=1S/C77H128NO8P/c1-3-5-7-9-11-13-15-17-19-21-23-25-27-29-31-33-35-36-37-38-40-42-44-46-48-50-52-54-56-58-60-62-64-66-68-70-77(80)86-75(74-85-87(81,82)84-72-71-78)73-83-76(79)69-67-65-63-61-59-57-55-53-51-49-47-45-43-41-39-34-32-30-28-26-24-22-20-18-16-14-12-10-8-6-4-2/h5-8,11-14,17-20,23-26,29-32,35-36,38,40,44,46,75H,3-4,9-10,15-16,21-22,27-28,33-34,37,39,41-43,45,47-74,78H2,1-2H3,(H,81,82)/b7-5-,8-6-,13-11-,14-12-,19-17-,20-18-,25-23-,26-24-,31-29-,32-30-,36-35-,40-38-,46-44-. The van der Waals surface area contributed by atoms with E-state index in [0.29, 0.717) is 6.42 Å². The van der Waals surface area contributed by atoms with Crippen LogP contribution in [0.1, 0.15) is 284 Å². The molecule has 10 heteroatoms. The largest absolute Gasteiger partial charge is 0.472 e. The summed E-state index contributed by atoms with van der Waals surface area (Å²) in [5.74, 6) is -0.835. The third-order valence-electron chi connectivity index (χ3n) is 14.4. The minimum atomic E-state index is -4.40. The number of ether oxygens (including phenoxy) is 2. The van der Waals surface area contributed by atoms with Gasteiger partial charge in [-0.1, -0.05) is 307 Å². The molecule has 0 aromatic heterocycles. The molecule has 0 fully saturated rings. The number of carbonyl (C=O) groups excluding carboxylic acids is 2. The number of phosphoric acid groups is 1. The molecular formula is C77H128NO8P. The Bertz CT molecular complexity index is 1980. The zero-order valence-corrected chi connectivity index (χ0v) is 56.3. The van der Waals surface area contributed by atoms with Gasteiger partial charge in [-0.05, 0) is 122 Å². The van der Waals surface area contributed by atoms with E-state index >= 15 is 0 Å². The molecule has 0 radical (unpaired) electrons. The Hall–Kier alpha value is -4.37. The van der Waals surface area contributed by atoms with Gasteiger partial charge >= 0.3 is 19.8 Å². The predicted octanol–water partition coefficient (Wildman–Crippen LogP) is 23.2. The number of hydrogen-bond acceptors (Lipinski definition) is 8. The van der Waals surface area contributed by atoms with E-state index in [9.17, 15) is 19.0 Å². The highest BCUT2D eigenvalue weighted by molar-refractivity contribution is 7.47. The summed E-state index contributed by atoms with van der Waals surface area (Å²) in [7, 11) is -4.40. The summed E-state index contributed by atoms with van der Waals surface area (Å²) in [4.78, 5) is 35.4. The second kappa shape index (κ2) is 70.7. The smallest absolute Gasteiger partial charge is 0.462 e. The molecule has 0 aliphatic heterocycles. The van der Waals surface area contributed by atoms with E-state index in [4.69, 9.17) is 24.3 Å². The zero-order chi connectivity index (χ0) is 63.0. The average molecular weight is 1230 g/mol. The molecule has 0 aliphatic rings. The number of allylic oxidation sites excluding steroid dienone is 26. The van der Waals surface area contributed by atoms with Gasteiger partial charge in [-0.25, -0.2) is 4.57 Å². The molecule has 0 aromatic rings. The van der Waals surface area contributed by atoms with E-state index < -0.39 is 26.5 Å². The summed E-state index contributed by atoms with van der Waals surface area (Å²) in [5.41, 5.74) is 5.40. The molecule has 9 nitrogen and oxygen atoms in total. The minimum Gasteiger partial charge on any atom is -0.462 e. The lowest BCUT2D eigenvalue weighted by Crippen LogP contribution is -2.29. The van der Waals surface area contributed by atoms with Crippen molar-refractivity contribution in [2.75, 3.05) is 26.4 Å². The van der Waals surface area contributed by atoms with Crippen LogP contribution >= 0.6 is 7.82 Å². The maximum absolute atomic E-state index is 12.8. The highest BCUT2D eigenvalue weighted by atomic mass is 31.2. The summed E-state index contributed by atoms with van der Waals surface area (Å²) in [5, 5.41) is 0.